The average Bonchev–Trinajstić information content (AvgIpc) is 2.21. The molecule has 2 N–H and O–H groups in total. The number of nitrogens with two attached hydrogens (primary N) is 1. The van der Waals surface area contributed by atoms with Gasteiger partial charge in [-0.25, -0.2) is 0 Å². The van der Waals surface area contributed by atoms with Crippen LogP contribution in [0.15, 0.2) is 30.4 Å². The smallest absolute Gasteiger partial charge is 0.0595 e. The third-order valence-corrected chi connectivity index (χ3v) is 3.59. The topological polar surface area (TPSA) is 26.0 Å². The number of hydrogen-bond acceptors (Lipinski definition) is 1. The van der Waals surface area contributed by atoms with Crippen LogP contribution in [-0.4, -0.2) is 6.04 Å². The predicted molar refractivity (Wildman–Crippen MR) is 76.7 cm³/mol. The van der Waals surface area contributed by atoms with Crippen molar-refractivity contribution < 1.29 is 0 Å². The molecule has 0 fully saturated rings. The summed E-state index contributed by atoms with van der Waals surface area (Å²) < 4.78 is 0. The molecule has 0 aliphatic heterocycles. The van der Waals surface area contributed by atoms with Gasteiger partial charge in [0.1, 0.15) is 0 Å². The Morgan fingerprint density at radius 2 is 1.88 bits per heavy atom. The van der Waals surface area contributed by atoms with Crippen molar-refractivity contribution in [2.75, 3.05) is 0 Å². The number of hydrogen-bond donors (Lipinski definition) is 1. The summed E-state index contributed by atoms with van der Waals surface area (Å²) in [5.74, 6) is 0. The quantitative estimate of drug-likeness (QED) is 0.807. The molecule has 94 valence electrons. The normalized spacial score (nSPS) is 13.5. The minimum absolute atomic E-state index is 0.0234. The minimum atomic E-state index is -0.0627. The van der Waals surface area contributed by atoms with Gasteiger partial charge in [-0.2, -0.15) is 0 Å². The van der Waals surface area contributed by atoms with Crippen molar-refractivity contribution in [2.45, 2.75) is 33.2 Å². The van der Waals surface area contributed by atoms with Crippen LogP contribution in [0, 0.1) is 5.41 Å². The lowest BCUT2D eigenvalue weighted by molar-refractivity contribution is 0.462. The molecule has 3 heteroatoms. The minimum Gasteiger partial charge on any atom is -0.324 e. The van der Waals surface area contributed by atoms with E-state index in [-0.39, 0.29) is 11.5 Å². The van der Waals surface area contributed by atoms with E-state index in [1.165, 1.54) is 0 Å². The van der Waals surface area contributed by atoms with Crippen molar-refractivity contribution in [2.24, 2.45) is 11.1 Å². The third-order valence-electron chi connectivity index (χ3n) is 2.85. The number of halogens is 2. The maximum Gasteiger partial charge on any atom is 0.0595 e. The summed E-state index contributed by atoms with van der Waals surface area (Å²) in [4.78, 5) is 0. The summed E-state index contributed by atoms with van der Waals surface area (Å²) in [6.07, 6.45) is 0.729. The van der Waals surface area contributed by atoms with Gasteiger partial charge in [-0.3, -0.25) is 0 Å². The van der Waals surface area contributed by atoms with Crippen molar-refractivity contribution in [1.29, 1.82) is 0 Å². The fourth-order valence-corrected chi connectivity index (χ4v) is 1.92. The van der Waals surface area contributed by atoms with Gasteiger partial charge in [0.2, 0.25) is 0 Å². The van der Waals surface area contributed by atoms with E-state index < -0.39 is 0 Å². The molecule has 0 saturated heterocycles. The highest BCUT2D eigenvalue weighted by Gasteiger charge is 2.21. The highest BCUT2D eigenvalue weighted by molar-refractivity contribution is 6.42. The molecular formula is C14H19Cl2N. The standard InChI is InChI=1S/C14H19Cl2N/c1-9(14(2,3)4)13(17)8-10-5-6-11(15)12(16)7-10/h5-7,13H,1,8,17H2,2-4H3/t13-/m1/s1. The van der Waals surface area contributed by atoms with Crippen molar-refractivity contribution in [3.8, 4) is 0 Å². The van der Waals surface area contributed by atoms with Gasteiger partial charge < -0.3 is 5.73 Å². The zero-order valence-corrected chi connectivity index (χ0v) is 12.1. The fraction of sp³-hybridized carbons (Fsp3) is 0.429. The Morgan fingerprint density at radius 1 is 1.29 bits per heavy atom. The first-order valence-electron chi connectivity index (χ1n) is 5.60. The summed E-state index contributed by atoms with van der Waals surface area (Å²) in [5, 5.41) is 1.14. The Hall–Kier alpha value is -0.500. The van der Waals surface area contributed by atoms with E-state index in [2.05, 4.69) is 27.4 Å². The summed E-state index contributed by atoms with van der Waals surface area (Å²) in [5.41, 5.74) is 8.30. The molecule has 0 saturated carbocycles. The molecule has 1 aromatic rings. The second kappa shape index (κ2) is 5.43. The molecule has 1 atom stereocenters. The van der Waals surface area contributed by atoms with Crippen molar-refractivity contribution in [3.63, 3.8) is 0 Å². The monoisotopic (exact) mass is 271 g/mol. The van der Waals surface area contributed by atoms with Gasteiger partial charge in [0, 0.05) is 6.04 Å². The Labute approximate surface area is 114 Å². The van der Waals surface area contributed by atoms with Gasteiger partial charge in [-0.15, -0.1) is 0 Å². The summed E-state index contributed by atoms with van der Waals surface area (Å²) in [6.45, 7) is 10.4. The number of benzene rings is 1. The van der Waals surface area contributed by atoms with Crippen molar-refractivity contribution in [1.82, 2.24) is 0 Å². The van der Waals surface area contributed by atoms with E-state index in [0.717, 1.165) is 17.6 Å². The SMILES string of the molecule is C=C([C@H](N)Cc1ccc(Cl)c(Cl)c1)C(C)(C)C. The molecular weight excluding hydrogens is 253 g/mol. The van der Waals surface area contributed by atoms with Gasteiger partial charge in [-0.1, -0.05) is 62.2 Å². The summed E-state index contributed by atoms with van der Waals surface area (Å²) in [6, 6.07) is 5.54. The summed E-state index contributed by atoms with van der Waals surface area (Å²) >= 11 is 11.8. The molecule has 0 radical (unpaired) electrons. The fourth-order valence-electron chi connectivity index (χ4n) is 1.60. The Kier molecular flexibility index (Phi) is 4.65. The van der Waals surface area contributed by atoms with E-state index in [9.17, 15) is 0 Å². The summed E-state index contributed by atoms with van der Waals surface area (Å²) in [7, 11) is 0. The van der Waals surface area contributed by atoms with Crippen LogP contribution in [0.25, 0.3) is 0 Å². The second-order valence-electron chi connectivity index (χ2n) is 5.33. The molecule has 1 rings (SSSR count). The maximum atomic E-state index is 6.15. The van der Waals surface area contributed by atoms with Gasteiger partial charge in [0.25, 0.3) is 0 Å². The zero-order chi connectivity index (χ0) is 13.2. The van der Waals surface area contributed by atoms with Crippen LogP contribution in [0.1, 0.15) is 26.3 Å². The molecule has 1 aromatic carbocycles. The van der Waals surface area contributed by atoms with Crippen molar-refractivity contribution >= 4 is 23.2 Å². The molecule has 0 amide bonds. The maximum absolute atomic E-state index is 6.15. The highest BCUT2D eigenvalue weighted by Crippen LogP contribution is 2.28. The van der Waals surface area contributed by atoms with E-state index in [4.69, 9.17) is 28.9 Å². The molecule has 0 aliphatic rings. The zero-order valence-electron chi connectivity index (χ0n) is 10.6. The first-order chi connectivity index (χ1) is 7.71. The van der Waals surface area contributed by atoms with Crippen LogP contribution >= 0.6 is 23.2 Å². The van der Waals surface area contributed by atoms with Crippen LogP contribution < -0.4 is 5.73 Å². The Balaban J connectivity index is 2.78. The van der Waals surface area contributed by atoms with Crippen LogP contribution in [0.3, 0.4) is 0 Å². The first kappa shape index (κ1) is 14.6. The number of rotatable bonds is 3. The van der Waals surface area contributed by atoms with Crippen LogP contribution in [-0.2, 0) is 6.42 Å². The third kappa shape index (κ3) is 4.02. The molecule has 0 heterocycles. The lowest BCUT2D eigenvalue weighted by Crippen LogP contribution is -2.31. The molecule has 0 spiro atoms. The van der Waals surface area contributed by atoms with Gasteiger partial charge in [-0.05, 0) is 29.5 Å². The van der Waals surface area contributed by atoms with Crippen LogP contribution in [0.2, 0.25) is 10.0 Å². The Morgan fingerprint density at radius 3 is 2.35 bits per heavy atom. The average molecular weight is 272 g/mol. The van der Waals surface area contributed by atoms with Gasteiger partial charge >= 0.3 is 0 Å². The van der Waals surface area contributed by atoms with Gasteiger partial charge in [0.05, 0.1) is 10.0 Å². The van der Waals surface area contributed by atoms with E-state index in [1.54, 1.807) is 6.07 Å². The van der Waals surface area contributed by atoms with E-state index in [1.807, 2.05) is 12.1 Å². The lowest BCUT2D eigenvalue weighted by atomic mass is 9.81. The molecule has 17 heavy (non-hydrogen) atoms. The highest BCUT2D eigenvalue weighted by atomic mass is 35.5. The van der Waals surface area contributed by atoms with Gasteiger partial charge in [0.15, 0.2) is 0 Å². The van der Waals surface area contributed by atoms with E-state index >= 15 is 0 Å². The molecule has 0 aliphatic carbocycles. The Bertz CT molecular complexity index is 419. The molecule has 0 aromatic heterocycles. The predicted octanol–water partition coefficient (Wildman–Crippen LogP) is 4.47. The molecule has 0 unspecified atom stereocenters. The second-order valence-corrected chi connectivity index (χ2v) is 6.15. The van der Waals surface area contributed by atoms with Crippen LogP contribution in [0.5, 0.6) is 0 Å². The largest absolute Gasteiger partial charge is 0.324 e. The van der Waals surface area contributed by atoms with E-state index in [0.29, 0.717) is 10.0 Å². The van der Waals surface area contributed by atoms with Crippen molar-refractivity contribution in [3.05, 3.63) is 46.0 Å². The van der Waals surface area contributed by atoms with Crippen LogP contribution in [0.4, 0.5) is 0 Å². The first-order valence-corrected chi connectivity index (χ1v) is 6.36. The lowest BCUT2D eigenvalue weighted by Gasteiger charge is -2.27. The molecule has 1 nitrogen and oxygen atoms in total. The molecule has 0 bridgehead atoms.